The lowest BCUT2D eigenvalue weighted by Gasteiger charge is -2.26. The number of aromatic hydroxyl groups is 1. The van der Waals surface area contributed by atoms with E-state index < -0.39 is 0 Å². The molecule has 1 unspecified atom stereocenters. The number of hydrogen-bond donors (Lipinski definition) is 2. The molecule has 2 aromatic carbocycles. The van der Waals surface area contributed by atoms with Gasteiger partial charge in [-0.05, 0) is 48.4 Å². The topological polar surface area (TPSA) is 49.3 Å². The van der Waals surface area contributed by atoms with Gasteiger partial charge < -0.3 is 10.4 Å². The molecule has 1 heterocycles. The van der Waals surface area contributed by atoms with E-state index >= 15 is 0 Å². The molecule has 0 spiro atoms. The Morgan fingerprint density at radius 2 is 2.05 bits per heavy atom. The van der Waals surface area contributed by atoms with Crippen LogP contribution in [0, 0.1) is 0 Å². The molecule has 0 saturated carbocycles. The molecule has 114 valence electrons. The zero-order valence-corrected chi connectivity index (χ0v) is 13.8. The molecule has 0 saturated heterocycles. The summed E-state index contributed by atoms with van der Waals surface area (Å²) in [5, 5.41) is 13.3. The first-order valence-corrected chi connectivity index (χ1v) is 8.50. The van der Waals surface area contributed by atoms with Gasteiger partial charge >= 0.3 is 0 Å². The maximum absolute atomic E-state index is 12.4. The number of rotatable bonds is 2. The molecule has 2 aromatic rings. The summed E-state index contributed by atoms with van der Waals surface area (Å²) < 4.78 is 0. The maximum Gasteiger partial charge on any atom is 0.251 e. The minimum atomic E-state index is -0.218. The first kappa shape index (κ1) is 15.5. The van der Waals surface area contributed by atoms with Crippen LogP contribution in [-0.2, 0) is 0 Å². The first-order valence-electron chi connectivity index (χ1n) is 6.76. The highest BCUT2D eigenvalue weighted by Gasteiger charge is 2.23. The van der Waals surface area contributed by atoms with Gasteiger partial charge in [0.25, 0.3) is 5.91 Å². The van der Waals surface area contributed by atoms with Gasteiger partial charge in [0, 0.05) is 21.2 Å². The van der Waals surface area contributed by atoms with Gasteiger partial charge in [-0.1, -0.05) is 23.2 Å². The second-order valence-corrected chi connectivity index (χ2v) is 6.99. The van der Waals surface area contributed by atoms with Crippen LogP contribution >= 0.6 is 35.0 Å². The average molecular weight is 354 g/mol. The van der Waals surface area contributed by atoms with Crippen molar-refractivity contribution in [3.8, 4) is 5.75 Å². The minimum Gasteiger partial charge on any atom is -0.506 e. The summed E-state index contributed by atoms with van der Waals surface area (Å²) in [6.07, 6.45) is 0.843. The third-order valence-electron chi connectivity index (χ3n) is 3.53. The van der Waals surface area contributed by atoms with Crippen LogP contribution in [0.4, 0.5) is 0 Å². The van der Waals surface area contributed by atoms with E-state index in [4.69, 9.17) is 23.2 Å². The van der Waals surface area contributed by atoms with E-state index in [9.17, 15) is 9.90 Å². The van der Waals surface area contributed by atoms with Gasteiger partial charge in [-0.25, -0.2) is 0 Å². The van der Waals surface area contributed by atoms with Crippen LogP contribution in [0.5, 0.6) is 5.75 Å². The molecule has 0 radical (unpaired) electrons. The van der Waals surface area contributed by atoms with E-state index in [-0.39, 0.29) is 22.7 Å². The van der Waals surface area contributed by atoms with Gasteiger partial charge in [0.2, 0.25) is 0 Å². The highest BCUT2D eigenvalue weighted by atomic mass is 35.5. The van der Waals surface area contributed by atoms with E-state index in [2.05, 4.69) is 5.32 Å². The molecule has 1 aliphatic rings. The minimum absolute atomic E-state index is 0.0376. The predicted octanol–water partition coefficient (Wildman–Crippen LogP) is 4.67. The Kier molecular flexibility index (Phi) is 4.52. The number of amides is 1. The molecule has 1 amide bonds. The summed E-state index contributed by atoms with van der Waals surface area (Å²) in [7, 11) is 0. The molecule has 0 bridgehead atoms. The van der Waals surface area contributed by atoms with Crippen molar-refractivity contribution in [2.24, 2.45) is 0 Å². The average Bonchev–Trinajstić information content (AvgIpc) is 2.50. The third kappa shape index (κ3) is 3.19. The molecule has 1 atom stereocenters. The second-order valence-electron chi connectivity index (χ2n) is 5.01. The third-order valence-corrected chi connectivity index (χ3v) is 5.19. The zero-order chi connectivity index (χ0) is 15.7. The molecule has 0 aliphatic carbocycles. The lowest BCUT2D eigenvalue weighted by atomic mass is 10.0. The number of phenolic OH excluding ortho intramolecular Hbond substituents is 1. The lowest BCUT2D eigenvalue weighted by Crippen LogP contribution is -2.30. The fourth-order valence-electron chi connectivity index (χ4n) is 2.40. The van der Waals surface area contributed by atoms with Crippen molar-refractivity contribution in [2.75, 3.05) is 5.75 Å². The highest BCUT2D eigenvalue weighted by molar-refractivity contribution is 7.99. The van der Waals surface area contributed by atoms with E-state index in [0.29, 0.717) is 10.6 Å². The summed E-state index contributed by atoms with van der Waals surface area (Å²) in [5.41, 5.74) is 1.46. The molecule has 3 nitrogen and oxygen atoms in total. The predicted molar refractivity (Wildman–Crippen MR) is 90.1 cm³/mol. The summed E-state index contributed by atoms with van der Waals surface area (Å²) in [4.78, 5) is 13.5. The number of phenols is 1. The zero-order valence-electron chi connectivity index (χ0n) is 11.5. The Hall–Kier alpha value is -1.36. The summed E-state index contributed by atoms with van der Waals surface area (Å²) in [5.74, 6) is 0.685. The van der Waals surface area contributed by atoms with E-state index in [1.807, 2.05) is 18.2 Å². The number of fused-ring (bicyclic) bond motifs is 1. The molecule has 0 aromatic heterocycles. The fraction of sp³-hybridized carbons (Fsp3) is 0.188. The smallest absolute Gasteiger partial charge is 0.251 e. The largest absolute Gasteiger partial charge is 0.506 e. The molecule has 22 heavy (non-hydrogen) atoms. The van der Waals surface area contributed by atoms with Crippen molar-refractivity contribution in [1.29, 1.82) is 0 Å². The second kappa shape index (κ2) is 6.41. The number of thioether (sulfide) groups is 1. The van der Waals surface area contributed by atoms with Crippen LogP contribution < -0.4 is 5.32 Å². The quantitative estimate of drug-likeness (QED) is 0.824. The van der Waals surface area contributed by atoms with Crippen LogP contribution in [0.3, 0.4) is 0 Å². The molecule has 2 N–H and O–H groups in total. The van der Waals surface area contributed by atoms with Crippen molar-refractivity contribution in [2.45, 2.75) is 17.4 Å². The van der Waals surface area contributed by atoms with Crippen molar-refractivity contribution in [1.82, 2.24) is 5.32 Å². The number of carbonyl (C=O) groups is 1. The van der Waals surface area contributed by atoms with Crippen molar-refractivity contribution in [3.05, 3.63) is 57.6 Å². The Balaban J connectivity index is 1.83. The molecule has 6 heteroatoms. The SMILES string of the molecule is O=C(NC1CCSc2ccc(Cl)cc21)c1ccc(O)c(Cl)c1. The van der Waals surface area contributed by atoms with Gasteiger partial charge in [0.05, 0.1) is 11.1 Å². The standard InChI is InChI=1S/C16H13Cl2NO2S/c17-10-2-4-15-11(8-10)13(5-6-22-15)19-16(21)9-1-3-14(20)12(18)7-9/h1-4,7-8,13,20H,5-6H2,(H,19,21). The molecule has 3 rings (SSSR count). The summed E-state index contributed by atoms with van der Waals surface area (Å²) >= 11 is 13.7. The summed E-state index contributed by atoms with van der Waals surface area (Å²) in [6, 6.07) is 10.1. The van der Waals surface area contributed by atoms with Gasteiger partial charge in [-0.2, -0.15) is 0 Å². The number of benzene rings is 2. The first-order chi connectivity index (χ1) is 10.5. The summed E-state index contributed by atoms with van der Waals surface area (Å²) in [6.45, 7) is 0. The number of hydrogen-bond acceptors (Lipinski definition) is 3. The monoisotopic (exact) mass is 353 g/mol. The highest BCUT2D eigenvalue weighted by Crippen LogP contribution is 2.37. The van der Waals surface area contributed by atoms with E-state index in [1.165, 1.54) is 12.1 Å². The Bertz CT molecular complexity index is 736. The van der Waals surface area contributed by atoms with Crippen LogP contribution in [0.15, 0.2) is 41.3 Å². The van der Waals surface area contributed by atoms with Crippen molar-refractivity contribution in [3.63, 3.8) is 0 Å². The Labute approximate surface area is 142 Å². The van der Waals surface area contributed by atoms with Crippen molar-refractivity contribution < 1.29 is 9.90 Å². The van der Waals surface area contributed by atoms with Gasteiger partial charge in [0.15, 0.2) is 0 Å². The van der Waals surface area contributed by atoms with Gasteiger partial charge in [-0.15, -0.1) is 11.8 Å². The fourth-order valence-corrected chi connectivity index (χ4v) is 3.87. The normalized spacial score (nSPS) is 16.9. The number of carbonyl (C=O) groups excluding carboxylic acids is 1. The van der Waals surface area contributed by atoms with Crippen LogP contribution in [-0.4, -0.2) is 16.8 Å². The maximum atomic E-state index is 12.4. The number of halogens is 2. The van der Waals surface area contributed by atoms with Crippen molar-refractivity contribution >= 4 is 40.9 Å². The van der Waals surface area contributed by atoms with E-state index in [0.717, 1.165) is 22.6 Å². The molecular weight excluding hydrogens is 341 g/mol. The molecule has 1 aliphatic heterocycles. The van der Waals surface area contributed by atoms with E-state index in [1.54, 1.807) is 17.8 Å². The number of nitrogens with one attached hydrogen (secondary N) is 1. The van der Waals surface area contributed by atoms with Gasteiger partial charge in [-0.3, -0.25) is 4.79 Å². The Morgan fingerprint density at radius 1 is 1.23 bits per heavy atom. The van der Waals surface area contributed by atoms with Crippen LogP contribution in [0.1, 0.15) is 28.4 Å². The lowest BCUT2D eigenvalue weighted by molar-refractivity contribution is 0.0935. The van der Waals surface area contributed by atoms with Crippen LogP contribution in [0.25, 0.3) is 0 Å². The molecule has 0 fully saturated rings. The Morgan fingerprint density at radius 3 is 2.82 bits per heavy atom. The van der Waals surface area contributed by atoms with Crippen LogP contribution in [0.2, 0.25) is 10.0 Å². The molecular formula is C16H13Cl2NO2S. The van der Waals surface area contributed by atoms with Gasteiger partial charge in [0.1, 0.15) is 5.75 Å².